The van der Waals surface area contributed by atoms with Crippen molar-refractivity contribution in [2.45, 2.75) is 13.3 Å². The third-order valence-corrected chi connectivity index (χ3v) is 2.82. The Morgan fingerprint density at radius 2 is 0.727 bits per heavy atom. The van der Waals surface area contributed by atoms with Crippen molar-refractivity contribution in [3.8, 4) is 0 Å². The van der Waals surface area contributed by atoms with Crippen LogP contribution in [0.4, 0.5) is 0 Å². The van der Waals surface area contributed by atoms with Gasteiger partial charge in [-0.15, -0.1) is 0 Å². The topological polar surface area (TPSA) is 267 Å². The Hall–Kier alpha value is -4.32. The average molecular weight is 520 g/mol. The molecule has 0 saturated heterocycles. The molecule has 0 aliphatic carbocycles. The Morgan fingerprint density at radius 3 is 0.848 bits per heavy atom. The summed E-state index contributed by atoms with van der Waals surface area (Å²) in [4.78, 5) is 16.5. The summed E-state index contributed by atoms with van der Waals surface area (Å²) in [5.41, 5.74) is 0. The van der Waals surface area contributed by atoms with Crippen molar-refractivity contribution in [1.29, 1.82) is 0 Å². The summed E-state index contributed by atoms with van der Waals surface area (Å²) in [5.74, 6) is 0. The fourth-order valence-electron chi connectivity index (χ4n) is 1.83. The summed E-state index contributed by atoms with van der Waals surface area (Å²) in [6.07, 6.45) is 14.6. The zero-order valence-electron chi connectivity index (χ0n) is 16.6. The number of rotatable bonds is 4. The van der Waals surface area contributed by atoms with E-state index in [0.29, 0.717) is 13.3 Å². The van der Waals surface area contributed by atoms with Crippen LogP contribution in [0.2, 0.25) is 0 Å². The normalized spacial score (nSPS) is 8.24. The Balaban J connectivity index is -0.000000389. The summed E-state index contributed by atoms with van der Waals surface area (Å²) < 4.78 is 7.25. The molecule has 1 radical (unpaired) electrons. The van der Waals surface area contributed by atoms with E-state index in [1.54, 1.807) is 24.8 Å². The molecular formula is C14H20CuN10O8. The number of hydrogen-bond acceptors (Lipinski definition) is 10. The van der Waals surface area contributed by atoms with Crippen LogP contribution in [0.5, 0.6) is 0 Å². The van der Waals surface area contributed by atoms with Gasteiger partial charge in [0.05, 0.1) is 10.2 Å². The molecule has 0 spiro atoms. The molecule has 4 N–H and O–H groups in total. The van der Waals surface area contributed by atoms with Crippen LogP contribution in [0, 0.1) is 30.6 Å². The largest absolute Gasteiger partial charge is 2.00 e. The first-order valence-electron chi connectivity index (χ1n) is 7.89. The zero-order valence-corrected chi connectivity index (χ0v) is 17.5. The van der Waals surface area contributed by atoms with Gasteiger partial charge in [-0.05, 0) is 24.3 Å². The van der Waals surface area contributed by atoms with Crippen molar-refractivity contribution in [2.24, 2.45) is 0 Å². The molecule has 0 amide bonds. The van der Waals surface area contributed by atoms with Crippen molar-refractivity contribution in [3.05, 3.63) is 104 Å². The smallest absolute Gasteiger partial charge is 0.412 e. The van der Waals surface area contributed by atoms with Crippen LogP contribution >= 0.6 is 0 Å². The minimum absolute atomic E-state index is 0. The molecule has 0 aliphatic heterocycles. The molecule has 33 heavy (non-hydrogen) atoms. The number of aromatic nitrogens is 8. The second kappa shape index (κ2) is 19.6. The van der Waals surface area contributed by atoms with Gasteiger partial charge in [0.2, 0.25) is 0 Å². The molecule has 0 atom stereocenters. The molecule has 4 aromatic heterocycles. The fraction of sp³-hybridized carbons (Fsp3) is 0.143. The first-order chi connectivity index (χ1) is 14.4. The standard InChI is InChI=1S/2C7H8N4.Cu.2NO3.2H2O/c2*1-3-8-10(5-1)7-11-6-2-4-9-11;;2*2-1(3)4;;/h2*1-6H,7H2;;;;2*1H2/q;;+2;2*-1;;. The maximum atomic E-state index is 8.25. The van der Waals surface area contributed by atoms with Gasteiger partial charge in [0.1, 0.15) is 13.3 Å². The first-order valence-corrected chi connectivity index (χ1v) is 7.89. The minimum atomic E-state index is -1.75. The monoisotopic (exact) mass is 519 g/mol. The Labute approximate surface area is 195 Å². The van der Waals surface area contributed by atoms with E-state index in [1.165, 1.54) is 0 Å². The quantitative estimate of drug-likeness (QED) is 0.181. The predicted octanol–water partition coefficient (Wildman–Crippen LogP) is -0.959. The predicted molar refractivity (Wildman–Crippen MR) is 108 cm³/mol. The summed E-state index contributed by atoms with van der Waals surface area (Å²) in [7, 11) is 0. The minimum Gasteiger partial charge on any atom is -0.412 e. The van der Waals surface area contributed by atoms with Gasteiger partial charge in [0.15, 0.2) is 0 Å². The van der Waals surface area contributed by atoms with E-state index in [-0.39, 0.29) is 28.0 Å². The van der Waals surface area contributed by atoms with E-state index >= 15 is 0 Å². The Bertz CT molecular complexity index is 782. The van der Waals surface area contributed by atoms with Crippen molar-refractivity contribution in [3.63, 3.8) is 0 Å². The molecule has 0 saturated carbocycles. The van der Waals surface area contributed by atoms with E-state index in [9.17, 15) is 0 Å². The molecule has 0 bridgehead atoms. The summed E-state index contributed by atoms with van der Waals surface area (Å²) in [6, 6.07) is 7.57. The average Bonchev–Trinajstić information content (AvgIpc) is 3.46. The molecule has 0 aliphatic rings. The SMILES string of the molecule is O.O.O=[N+]([O-])[O-].O=[N+]([O-])[O-].[Cu+2].c1cnn(Cn2cccn2)c1.c1cnn(Cn2cccn2)c1. The van der Waals surface area contributed by atoms with Crippen LogP contribution < -0.4 is 0 Å². The van der Waals surface area contributed by atoms with Crippen molar-refractivity contribution < 1.29 is 38.2 Å². The van der Waals surface area contributed by atoms with Gasteiger partial charge in [-0.1, -0.05) is 0 Å². The van der Waals surface area contributed by atoms with Gasteiger partial charge in [0.25, 0.3) is 0 Å². The maximum absolute atomic E-state index is 8.25. The third kappa shape index (κ3) is 18.2. The van der Waals surface area contributed by atoms with E-state index in [0.717, 1.165) is 0 Å². The second-order valence-corrected chi connectivity index (χ2v) is 4.91. The van der Waals surface area contributed by atoms with Gasteiger partial charge >= 0.3 is 17.1 Å². The maximum Gasteiger partial charge on any atom is 2.00 e. The van der Waals surface area contributed by atoms with Gasteiger partial charge in [0, 0.05) is 49.6 Å². The molecule has 19 heteroatoms. The second-order valence-electron chi connectivity index (χ2n) is 4.91. The van der Waals surface area contributed by atoms with Crippen LogP contribution in [0.15, 0.2) is 73.8 Å². The molecule has 0 unspecified atom stereocenters. The molecule has 4 rings (SSSR count). The van der Waals surface area contributed by atoms with E-state index in [1.807, 2.05) is 67.8 Å². The van der Waals surface area contributed by atoms with E-state index in [4.69, 9.17) is 30.6 Å². The van der Waals surface area contributed by atoms with Gasteiger partial charge in [-0.25, -0.2) is 0 Å². The Kier molecular flexibility index (Phi) is 19.8. The van der Waals surface area contributed by atoms with Crippen LogP contribution in [-0.4, -0.2) is 60.2 Å². The van der Waals surface area contributed by atoms with Gasteiger partial charge < -0.3 is 41.6 Å². The van der Waals surface area contributed by atoms with Gasteiger partial charge in [-0.2, -0.15) is 20.4 Å². The van der Waals surface area contributed by atoms with Crippen molar-refractivity contribution >= 4 is 0 Å². The van der Waals surface area contributed by atoms with Crippen LogP contribution in [0.1, 0.15) is 0 Å². The molecule has 4 heterocycles. The van der Waals surface area contributed by atoms with Crippen LogP contribution in [0.3, 0.4) is 0 Å². The van der Waals surface area contributed by atoms with Gasteiger partial charge in [-0.3, -0.25) is 18.7 Å². The molecule has 0 fully saturated rings. The summed E-state index contributed by atoms with van der Waals surface area (Å²) >= 11 is 0. The molecule has 0 aromatic carbocycles. The zero-order chi connectivity index (χ0) is 22.2. The fourth-order valence-corrected chi connectivity index (χ4v) is 1.83. The van der Waals surface area contributed by atoms with E-state index < -0.39 is 10.2 Å². The molecule has 18 nitrogen and oxygen atoms in total. The molecule has 4 aromatic rings. The number of nitrogens with zero attached hydrogens (tertiary/aromatic N) is 10. The van der Waals surface area contributed by atoms with Crippen LogP contribution in [0.25, 0.3) is 0 Å². The van der Waals surface area contributed by atoms with E-state index in [2.05, 4.69) is 20.4 Å². The number of hydrogen-bond donors (Lipinski definition) is 0. The summed E-state index contributed by atoms with van der Waals surface area (Å²) in [5, 5.41) is 45.7. The van der Waals surface area contributed by atoms with Crippen molar-refractivity contribution in [2.75, 3.05) is 0 Å². The van der Waals surface area contributed by atoms with Crippen molar-refractivity contribution in [1.82, 2.24) is 39.1 Å². The molecular weight excluding hydrogens is 500 g/mol. The third-order valence-electron chi connectivity index (χ3n) is 2.82. The Morgan fingerprint density at radius 1 is 0.545 bits per heavy atom. The summed E-state index contributed by atoms with van der Waals surface area (Å²) in [6.45, 7) is 1.36. The first kappa shape index (κ1) is 33.3. The molecule has 185 valence electrons. The van der Waals surface area contributed by atoms with Crippen LogP contribution in [-0.2, 0) is 30.4 Å².